The summed E-state index contributed by atoms with van der Waals surface area (Å²) in [5.41, 5.74) is 11.9. The molecule has 0 radical (unpaired) electrons. The lowest BCUT2D eigenvalue weighted by atomic mass is 10.1. The first-order chi connectivity index (χ1) is 11.6. The van der Waals surface area contributed by atoms with Crippen LogP contribution in [0.2, 0.25) is 0 Å². The standard InChI is InChI=1S/C17H25N5O2/c18-6-9-22-16(23)14-12-13(19)4-5-15(14)21(17(22)24)11-10-20-7-2-1-3-8-20/h4-5,12H,1-3,6-11,18-19H2. The van der Waals surface area contributed by atoms with Crippen LogP contribution in [-0.4, -0.2) is 40.2 Å². The van der Waals surface area contributed by atoms with Crippen LogP contribution in [-0.2, 0) is 13.1 Å². The van der Waals surface area contributed by atoms with Gasteiger partial charge in [-0.05, 0) is 44.1 Å². The van der Waals surface area contributed by atoms with Crippen LogP contribution >= 0.6 is 0 Å². The number of hydrogen-bond donors (Lipinski definition) is 2. The van der Waals surface area contributed by atoms with Gasteiger partial charge in [-0.2, -0.15) is 0 Å². The predicted molar refractivity (Wildman–Crippen MR) is 96.2 cm³/mol. The Kier molecular flexibility index (Phi) is 5.01. The van der Waals surface area contributed by atoms with Gasteiger partial charge in [0.15, 0.2) is 0 Å². The number of benzene rings is 1. The van der Waals surface area contributed by atoms with Crippen molar-refractivity contribution in [1.29, 1.82) is 0 Å². The fourth-order valence-corrected chi connectivity index (χ4v) is 3.41. The van der Waals surface area contributed by atoms with Crippen LogP contribution in [0.25, 0.3) is 10.9 Å². The SMILES string of the molecule is NCCn1c(=O)c2cc(N)ccc2n(CCN2CCCCC2)c1=O. The Labute approximate surface area is 140 Å². The first kappa shape index (κ1) is 16.7. The van der Waals surface area contributed by atoms with E-state index in [2.05, 4.69) is 4.90 Å². The summed E-state index contributed by atoms with van der Waals surface area (Å²) < 4.78 is 2.90. The van der Waals surface area contributed by atoms with Gasteiger partial charge in [0.1, 0.15) is 0 Å². The van der Waals surface area contributed by atoms with Crippen molar-refractivity contribution in [1.82, 2.24) is 14.0 Å². The quantitative estimate of drug-likeness (QED) is 0.762. The molecule has 1 aromatic carbocycles. The summed E-state index contributed by atoms with van der Waals surface area (Å²) in [5.74, 6) is 0. The molecule has 0 unspecified atom stereocenters. The van der Waals surface area contributed by atoms with Gasteiger partial charge < -0.3 is 16.4 Å². The van der Waals surface area contributed by atoms with Crippen molar-refractivity contribution in [3.63, 3.8) is 0 Å². The second-order valence-corrected chi connectivity index (χ2v) is 6.36. The van der Waals surface area contributed by atoms with E-state index in [9.17, 15) is 9.59 Å². The lowest BCUT2D eigenvalue weighted by molar-refractivity contribution is 0.220. The lowest BCUT2D eigenvalue weighted by Gasteiger charge is -2.27. The number of nitrogens with zero attached hydrogens (tertiary/aromatic N) is 3. The monoisotopic (exact) mass is 331 g/mol. The fraction of sp³-hybridized carbons (Fsp3) is 0.529. The molecule has 1 fully saturated rings. The molecule has 0 bridgehead atoms. The van der Waals surface area contributed by atoms with Gasteiger partial charge in [-0.1, -0.05) is 6.42 Å². The summed E-state index contributed by atoms with van der Waals surface area (Å²) in [7, 11) is 0. The molecule has 4 N–H and O–H groups in total. The van der Waals surface area contributed by atoms with Gasteiger partial charge in [0.25, 0.3) is 5.56 Å². The molecular weight excluding hydrogens is 306 g/mol. The van der Waals surface area contributed by atoms with E-state index in [4.69, 9.17) is 11.5 Å². The summed E-state index contributed by atoms with van der Waals surface area (Å²) >= 11 is 0. The maximum atomic E-state index is 12.8. The van der Waals surface area contributed by atoms with Crippen molar-refractivity contribution in [3.8, 4) is 0 Å². The van der Waals surface area contributed by atoms with Crippen LogP contribution < -0.4 is 22.7 Å². The smallest absolute Gasteiger partial charge is 0.331 e. The Morgan fingerprint density at radius 3 is 2.42 bits per heavy atom. The van der Waals surface area contributed by atoms with Crippen molar-refractivity contribution < 1.29 is 0 Å². The molecule has 0 atom stereocenters. The van der Waals surface area contributed by atoms with Gasteiger partial charge in [-0.25, -0.2) is 4.79 Å². The molecule has 0 saturated carbocycles. The first-order valence-corrected chi connectivity index (χ1v) is 8.57. The molecule has 0 amide bonds. The van der Waals surface area contributed by atoms with Crippen LogP contribution in [0, 0.1) is 0 Å². The van der Waals surface area contributed by atoms with Crippen LogP contribution in [0.4, 0.5) is 5.69 Å². The maximum absolute atomic E-state index is 12.8. The predicted octanol–water partition coefficient (Wildman–Crippen LogP) is 0.190. The third kappa shape index (κ3) is 3.22. The summed E-state index contributed by atoms with van der Waals surface area (Å²) in [6.07, 6.45) is 3.69. The summed E-state index contributed by atoms with van der Waals surface area (Å²) in [4.78, 5) is 27.7. The molecule has 1 saturated heterocycles. The van der Waals surface area contributed by atoms with Crippen LogP contribution in [0.5, 0.6) is 0 Å². The molecule has 24 heavy (non-hydrogen) atoms. The molecule has 1 aliphatic rings. The molecule has 2 heterocycles. The highest BCUT2D eigenvalue weighted by Gasteiger charge is 2.15. The average Bonchev–Trinajstić information content (AvgIpc) is 2.60. The minimum Gasteiger partial charge on any atom is -0.399 e. The summed E-state index contributed by atoms with van der Waals surface area (Å²) in [5, 5.41) is 0.474. The molecule has 3 rings (SSSR count). The van der Waals surface area contributed by atoms with Crippen LogP contribution in [0.15, 0.2) is 27.8 Å². The van der Waals surface area contributed by atoms with Crippen molar-refractivity contribution >= 4 is 16.6 Å². The Morgan fingerprint density at radius 1 is 0.958 bits per heavy atom. The Hall–Kier alpha value is -2.12. The number of fused-ring (bicyclic) bond motifs is 1. The minimum atomic E-state index is -0.318. The molecule has 1 aromatic heterocycles. The number of hydrogen-bond acceptors (Lipinski definition) is 5. The Morgan fingerprint density at radius 2 is 1.71 bits per heavy atom. The van der Waals surface area contributed by atoms with Gasteiger partial charge >= 0.3 is 5.69 Å². The van der Waals surface area contributed by atoms with Crippen molar-refractivity contribution in [2.24, 2.45) is 5.73 Å². The largest absolute Gasteiger partial charge is 0.399 e. The molecule has 0 aliphatic carbocycles. The van der Waals surface area contributed by atoms with E-state index >= 15 is 0 Å². The molecule has 1 aliphatic heterocycles. The fourth-order valence-electron chi connectivity index (χ4n) is 3.41. The Balaban J connectivity index is 2.04. The number of nitrogen functional groups attached to an aromatic ring is 1. The average molecular weight is 331 g/mol. The van der Waals surface area contributed by atoms with Crippen molar-refractivity contribution in [2.45, 2.75) is 32.4 Å². The van der Waals surface area contributed by atoms with E-state index in [0.29, 0.717) is 23.1 Å². The van der Waals surface area contributed by atoms with E-state index < -0.39 is 0 Å². The second-order valence-electron chi connectivity index (χ2n) is 6.36. The van der Waals surface area contributed by atoms with Crippen molar-refractivity contribution in [2.75, 3.05) is 31.9 Å². The zero-order valence-electron chi connectivity index (χ0n) is 13.9. The normalized spacial score (nSPS) is 15.9. The van der Waals surface area contributed by atoms with E-state index in [-0.39, 0.29) is 24.3 Å². The number of aromatic nitrogens is 2. The van der Waals surface area contributed by atoms with E-state index in [0.717, 1.165) is 19.6 Å². The number of nitrogens with two attached hydrogens (primary N) is 2. The first-order valence-electron chi connectivity index (χ1n) is 8.57. The molecule has 2 aromatic rings. The zero-order valence-corrected chi connectivity index (χ0v) is 13.9. The highest BCUT2D eigenvalue weighted by atomic mass is 16.2. The van der Waals surface area contributed by atoms with Gasteiger partial charge in [0, 0.05) is 31.9 Å². The van der Waals surface area contributed by atoms with Crippen molar-refractivity contribution in [3.05, 3.63) is 39.0 Å². The minimum absolute atomic E-state index is 0.214. The van der Waals surface area contributed by atoms with Gasteiger partial charge in [-0.15, -0.1) is 0 Å². The van der Waals surface area contributed by atoms with E-state index in [1.807, 2.05) is 0 Å². The summed E-state index contributed by atoms with van der Waals surface area (Å²) in [6.45, 7) is 3.97. The number of piperidine rings is 1. The zero-order chi connectivity index (χ0) is 17.1. The van der Waals surface area contributed by atoms with Gasteiger partial charge in [0.2, 0.25) is 0 Å². The molecular formula is C17H25N5O2. The lowest BCUT2D eigenvalue weighted by Crippen LogP contribution is -2.43. The highest BCUT2D eigenvalue weighted by molar-refractivity contribution is 5.81. The van der Waals surface area contributed by atoms with Gasteiger partial charge in [0.05, 0.1) is 10.9 Å². The molecule has 130 valence electrons. The maximum Gasteiger partial charge on any atom is 0.331 e. The van der Waals surface area contributed by atoms with E-state index in [1.165, 1.54) is 23.8 Å². The molecule has 0 spiro atoms. The Bertz CT molecular complexity index is 833. The van der Waals surface area contributed by atoms with Crippen LogP contribution in [0.3, 0.4) is 0 Å². The summed E-state index contributed by atoms with van der Waals surface area (Å²) in [6, 6.07) is 5.13. The topological polar surface area (TPSA) is 99.3 Å². The third-order valence-electron chi connectivity index (χ3n) is 4.69. The molecule has 7 nitrogen and oxygen atoms in total. The highest BCUT2D eigenvalue weighted by Crippen LogP contribution is 2.14. The van der Waals surface area contributed by atoms with E-state index in [1.54, 1.807) is 22.8 Å². The number of rotatable bonds is 5. The molecule has 7 heteroatoms. The second kappa shape index (κ2) is 7.19. The van der Waals surface area contributed by atoms with Crippen LogP contribution in [0.1, 0.15) is 19.3 Å². The number of likely N-dealkylation sites (tertiary alicyclic amines) is 1. The van der Waals surface area contributed by atoms with Gasteiger partial charge in [-0.3, -0.25) is 13.9 Å². The number of anilines is 1. The third-order valence-corrected chi connectivity index (χ3v) is 4.69.